The fourth-order valence-electron chi connectivity index (χ4n) is 3.04. The Labute approximate surface area is 138 Å². The third-order valence-electron chi connectivity index (χ3n) is 4.33. The molecule has 5 heteroatoms. The number of amides is 1. The van der Waals surface area contributed by atoms with Crippen molar-refractivity contribution in [1.82, 2.24) is 4.90 Å². The molecule has 118 valence electrons. The minimum Gasteiger partial charge on any atom is -0.454 e. The summed E-state index contributed by atoms with van der Waals surface area (Å²) in [5, 5.41) is 4.04. The monoisotopic (exact) mass is 327 g/mol. The van der Waals surface area contributed by atoms with E-state index in [2.05, 4.69) is 6.07 Å². The maximum absolute atomic E-state index is 12.3. The third kappa shape index (κ3) is 2.97. The number of carbonyl (C=O) groups is 1. The van der Waals surface area contributed by atoms with Crippen LogP contribution in [0.1, 0.15) is 23.5 Å². The number of hydrogen-bond donors (Lipinski definition) is 0. The normalized spacial score (nSPS) is 19.7. The smallest absolute Gasteiger partial charge is 0.246 e. The topological polar surface area (TPSA) is 38.8 Å². The highest BCUT2D eigenvalue weighted by Crippen LogP contribution is 2.37. The molecule has 0 N–H and O–H groups in total. The van der Waals surface area contributed by atoms with Gasteiger partial charge in [0, 0.05) is 25.1 Å². The van der Waals surface area contributed by atoms with Gasteiger partial charge in [-0.3, -0.25) is 4.79 Å². The van der Waals surface area contributed by atoms with Crippen molar-refractivity contribution < 1.29 is 14.3 Å². The molecule has 3 heterocycles. The maximum Gasteiger partial charge on any atom is 0.246 e. The van der Waals surface area contributed by atoms with Crippen molar-refractivity contribution in [2.75, 3.05) is 19.9 Å². The van der Waals surface area contributed by atoms with Gasteiger partial charge in [0.1, 0.15) is 0 Å². The summed E-state index contributed by atoms with van der Waals surface area (Å²) in [6, 6.07) is 8.09. The molecule has 0 radical (unpaired) electrons. The van der Waals surface area contributed by atoms with Gasteiger partial charge in [0.15, 0.2) is 11.5 Å². The lowest BCUT2D eigenvalue weighted by molar-refractivity contribution is -0.124. The molecule has 1 amide bonds. The molecule has 23 heavy (non-hydrogen) atoms. The Morgan fingerprint density at radius 2 is 2.17 bits per heavy atom. The second kappa shape index (κ2) is 6.08. The first-order chi connectivity index (χ1) is 11.3. The Hall–Kier alpha value is -2.27. The van der Waals surface area contributed by atoms with Gasteiger partial charge >= 0.3 is 0 Å². The quantitative estimate of drug-likeness (QED) is 0.810. The molecular formula is C18H17NO3S. The second-order valence-electron chi connectivity index (χ2n) is 5.77. The van der Waals surface area contributed by atoms with Crippen LogP contribution in [0.25, 0.3) is 6.08 Å². The lowest BCUT2D eigenvalue weighted by Crippen LogP contribution is -2.26. The van der Waals surface area contributed by atoms with Crippen molar-refractivity contribution in [2.45, 2.75) is 12.3 Å². The summed E-state index contributed by atoms with van der Waals surface area (Å²) in [5.74, 6) is 2.06. The number of hydrogen-bond acceptors (Lipinski definition) is 4. The maximum atomic E-state index is 12.3. The molecule has 2 aliphatic rings. The van der Waals surface area contributed by atoms with E-state index in [-0.39, 0.29) is 5.91 Å². The van der Waals surface area contributed by atoms with Crippen LogP contribution < -0.4 is 9.47 Å². The molecule has 1 saturated heterocycles. The number of fused-ring (bicyclic) bond motifs is 1. The molecule has 1 aromatic carbocycles. The predicted molar refractivity (Wildman–Crippen MR) is 89.9 cm³/mol. The number of ether oxygens (including phenoxy) is 2. The second-order valence-corrected chi connectivity index (χ2v) is 6.55. The molecule has 0 saturated carbocycles. The van der Waals surface area contributed by atoms with Gasteiger partial charge in [-0.15, -0.1) is 0 Å². The summed E-state index contributed by atoms with van der Waals surface area (Å²) in [7, 11) is 0. The molecule has 2 aliphatic heterocycles. The Balaban J connectivity index is 1.41. The zero-order chi connectivity index (χ0) is 15.6. The molecule has 0 bridgehead atoms. The summed E-state index contributed by atoms with van der Waals surface area (Å²) >= 11 is 1.63. The van der Waals surface area contributed by atoms with E-state index in [1.165, 1.54) is 5.56 Å². The molecule has 0 spiro atoms. The molecule has 1 unspecified atom stereocenters. The molecule has 4 rings (SSSR count). The van der Waals surface area contributed by atoms with Gasteiger partial charge < -0.3 is 14.4 Å². The van der Waals surface area contributed by atoms with Crippen LogP contribution in [0.15, 0.2) is 41.1 Å². The van der Waals surface area contributed by atoms with Crippen LogP contribution in [0.3, 0.4) is 0 Å². The number of rotatable bonds is 3. The minimum atomic E-state index is 0.0828. The first-order valence-electron chi connectivity index (χ1n) is 7.68. The standard InChI is InChI=1S/C18H17NO3S/c20-18(4-1-13-6-8-23-11-13)19-7-5-15(10-19)14-2-3-16-17(9-14)22-12-21-16/h1-4,6,8-9,11,15H,5,7,10,12H2/b4-1+. The van der Waals surface area contributed by atoms with E-state index in [4.69, 9.17) is 9.47 Å². The van der Waals surface area contributed by atoms with Crippen molar-refractivity contribution in [3.05, 3.63) is 52.2 Å². The van der Waals surface area contributed by atoms with Crippen LogP contribution in [-0.4, -0.2) is 30.7 Å². The molecule has 1 aromatic heterocycles. The van der Waals surface area contributed by atoms with Crippen LogP contribution in [0.5, 0.6) is 11.5 Å². The highest BCUT2D eigenvalue weighted by molar-refractivity contribution is 7.08. The SMILES string of the molecule is O=C(/C=C/c1ccsc1)N1CCC(c2ccc3c(c2)OCO3)C1. The molecule has 0 aliphatic carbocycles. The highest BCUT2D eigenvalue weighted by atomic mass is 32.1. The highest BCUT2D eigenvalue weighted by Gasteiger charge is 2.27. The summed E-state index contributed by atoms with van der Waals surface area (Å²) in [6.45, 7) is 1.85. The van der Waals surface area contributed by atoms with Crippen molar-refractivity contribution >= 4 is 23.3 Å². The van der Waals surface area contributed by atoms with E-state index < -0.39 is 0 Å². The van der Waals surface area contributed by atoms with Crippen molar-refractivity contribution in [3.8, 4) is 11.5 Å². The van der Waals surface area contributed by atoms with E-state index in [9.17, 15) is 4.79 Å². The fourth-order valence-corrected chi connectivity index (χ4v) is 3.67. The lowest BCUT2D eigenvalue weighted by Gasteiger charge is -2.15. The zero-order valence-corrected chi connectivity index (χ0v) is 13.4. The summed E-state index contributed by atoms with van der Waals surface area (Å²) < 4.78 is 10.8. The average Bonchev–Trinajstić information content (AvgIpc) is 3.32. The van der Waals surface area contributed by atoms with Gasteiger partial charge in [0.2, 0.25) is 12.7 Å². The van der Waals surface area contributed by atoms with Gasteiger partial charge in [-0.05, 0) is 52.6 Å². The van der Waals surface area contributed by atoms with Gasteiger partial charge in [0.05, 0.1) is 0 Å². The number of carbonyl (C=O) groups excluding carboxylic acids is 1. The summed E-state index contributed by atoms with van der Waals surface area (Å²) in [5.41, 5.74) is 2.29. The van der Waals surface area contributed by atoms with E-state index in [1.54, 1.807) is 17.4 Å². The summed E-state index contributed by atoms with van der Waals surface area (Å²) in [6.07, 6.45) is 4.54. The number of nitrogens with zero attached hydrogens (tertiary/aromatic N) is 1. The van der Waals surface area contributed by atoms with Crippen LogP contribution in [0, 0.1) is 0 Å². The first-order valence-corrected chi connectivity index (χ1v) is 8.62. The molecule has 1 fully saturated rings. The number of likely N-dealkylation sites (tertiary alicyclic amines) is 1. The van der Waals surface area contributed by atoms with Gasteiger partial charge in [-0.25, -0.2) is 0 Å². The molecule has 4 nitrogen and oxygen atoms in total. The molecule has 2 aromatic rings. The van der Waals surface area contributed by atoms with Crippen LogP contribution in [-0.2, 0) is 4.79 Å². The largest absolute Gasteiger partial charge is 0.454 e. The Kier molecular flexibility index (Phi) is 3.79. The van der Waals surface area contributed by atoms with Gasteiger partial charge in [-0.1, -0.05) is 6.07 Å². The van der Waals surface area contributed by atoms with E-state index in [1.807, 2.05) is 39.9 Å². The van der Waals surface area contributed by atoms with Crippen molar-refractivity contribution in [1.29, 1.82) is 0 Å². The van der Waals surface area contributed by atoms with Crippen LogP contribution in [0.4, 0.5) is 0 Å². The Bertz CT molecular complexity index is 739. The first kappa shape index (κ1) is 14.3. The fraction of sp³-hybridized carbons (Fsp3) is 0.278. The van der Waals surface area contributed by atoms with Crippen LogP contribution >= 0.6 is 11.3 Å². The molecule has 1 atom stereocenters. The number of benzene rings is 1. The van der Waals surface area contributed by atoms with Crippen molar-refractivity contribution in [3.63, 3.8) is 0 Å². The van der Waals surface area contributed by atoms with E-state index in [0.29, 0.717) is 12.7 Å². The molecular weight excluding hydrogens is 310 g/mol. The average molecular weight is 327 g/mol. The van der Waals surface area contributed by atoms with E-state index in [0.717, 1.165) is 36.6 Å². The Morgan fingerprint density at radius 1 is 1.26 bits per heavy atom. The van der Waals surface area contributed by atoms with Crippen molar-refractivity contribution in [2.24, 2.45) is 0 Å². The van der Waals surface area contributed by atoms with Crippen LogP contribution in [0.2, 0.25) is 0 Å². The predicted octanol–water partition coefficient (Wildman–Crippen LogP) is 3.51. The summed E-state index contributed by atoms with van der Waals surface area (Å²) in [4.78, 5) is 14.2. The minimum absolute atomic E-state index is 0.0828. The van der Waals surface area contributed by atoms with Gasteiger partial charge in [0.25, 0.3) is 0 Å². The lowest BCUT2D eigenvalue weighted by atomic mass is 9.98. The van der Waals surface area contributed by atoms with E-state index >= 15 is 0 Å². The zero-order valence-electron chi connectivity index (χ0n) is 12.6. The third-order valence-corrected chi connectivity index (χ3v) is 5.03. The van der Waals surface area contributed by atoms with Gasteiger partial charge in [-0.2, -0.15) is 11.3 Å². The Morgan fingerprint density at radius 3 is 3.04 bits per heavy atom. The number of thiophene rings is 1.